The van der Waals surface area contributed by atoms with Crippen LogP contribution in [0, 0.1) is 11.8 Å². The van der Waals surface area contributed by atoms with Gasteiger partial charge in [-0.15, -0.1) is 11.3 Å². The fraction of sp³-hybridized carbons (Fsp3) is 0.154. The van der Waals surface area contributed by atoms with Gasteiger partial charge in [0.1, 0.15) is 11.6 Å². The Labute approximate surface area is 121 Å². The number of aliphatic hydroxyl groups excluding tert-OH is 1. The summed E-state index contributed by atoms with van der Waals surface area (Å²) in [5, 5.41) is 11.1. The van der Waals surface area contributed by atoms with Crippen molar-refractivity contribution < 1.29 is 13.5 Å². The molecule has 0 radical (unpaired) electrons. The number of hydrogen-bond donors (Lipinski definition) is 2. The average Bonchev–Trinajstić information content (AvgIpc) is 2.97. The van der Waals surface area contributed by atoms with Gasteiger partial charge in [0.05, 0.1) is 11.4 Å². The van der Waals surface area contributed by atoms with E-state index in [0.29, 0.717) is 10.6 Å². The van der Waals surface area contributed by atoms with Crippen LogP contribution in [0.1, 0.15) is 10.6 Å². The second-order valence-corrected chi connectivity index (χ2v) is 6.48. The van der Waals surface area contributed by atoms with Crippen LogP contribution in [-0.2, 0) is 16.6 Å². The first kappa shape index (κ1) is 14.7. The summed E-state index contributed by atoms with van der Waals surface area (Å²) in [7, 11) is -3.60. The molecule has 0 aliphatic carbocycles. The molecular formula is C13H12N2O3S2. The van der Waals surface area contributed by atoms with E-state index in [0.717, 1.165) is 0 Å². The molecule has 5 nitrogen and oxygen atoms in total. The molecule has 1 aromatic heterocycles. The maximum Gasteiger partial charge on any atom is 0.240 e. The Morgan fingerprint density at radius 3 is 2.95 bits per heavy atom. The van der Waals surface area contributed by atoms with Gasteiger partial charge in [0.15, 0.2) is 0 Å². The first-order chi connectivity index (χ1) is 9.62. The number of benzene rings is 1. The molecule has 20 heavy (non-hydrogen) atoms. The van der Waals surface area contributed by atoms with E-state index >= 15 is 0 Å². The monoisotopic (exact) mass is 308 g/mol. The molecule has 2 aromatic rings. The summed E-state index contributed by atoms with van der Waals surface area (Å²) < 4.78 is 26.7. The van der Waals surface area contributed by atoms with Crippen molar-refractivity contribution in [3.8, 4) is 11.8 Å². The molecule has 0 atom stereocenters. The highest BCUT2D eigenvalue weighted by molar-refractivity contribution is 7.89. The van der Waals surface area contributed by atoms with Gasteiger partial charge in [0.2, 0.25) is 10.0 Å². The van der Waals surface area contributed by atoms with Crippen molar-refractivity contribution in [3.05, 3.63) is 46.4 Å². The highest BCUT2D eigenvalue weighted by Gasteiger charge is 2.14. The van der Waals surface area contributed by atoms with E-state index < -0.39 is 10.0 Å². The zero-order chi connectivity index (χ0) is 14.4. The molecule has 1 aromatic carbocycles. The van der Waals surface area contributed by atoms with Crippen LogP contribution in [0.15, 0.2) is 40.7 Å². The first-order valence-corrected chi connectivity index (χ1v) is 8.06. The molecule has 1 heterocycles. The van der Waals surface area contributed by atoms with Crippen molar-refractivity contribution in [1.29, 1.82) is 0 Å². The maximum absolute atomic E-state index is 12.1. The summed E-state index contributed by atoms with van der Waals surface area (Å²) >= 11 is 1.38. The molecule has 0 spiro atoms. The number of rotatable bonds is 4. The summed E-state index contributed by atoms with van der Waals surface area (Å²) in [6.45, 7) is -0.105. The molecule has 0 saturated carbocycles. The largest absolute Gasteiger partial charge is 0.384 e. The first-order valence-electron chi connectivity index (χ1n) is 5.69. The lowest BCUT2D eigenvalue weighted by atomic mass is 10.2. The van der Waals surface area contributed by atoms with Gasteiger partial charge in [-0.1, -0.05) is 17.9 Å². The maximum atomic E-state index is 12.1. The van der Waals surface area contributed by atoms with Crippen LogP contribution >= 0.6 is 11.3 Å². The van der Waals surface area contributed by atoms with Crippen molar-refractivity contribution in [2.45, 2.75) is 11.4 Å². The van der Waals surface area contributed by atoms with Crippen molar-refractivity contribution in [3.63, 3.8) is 0 Å². The van der Waals surface area contributed by atoms with Gasteiger partial charge in [-0.25, -0.2) is 18.1 Å². The fourth-order valence-electron chi connectivity index (χ4n) is 1.46. The highest BCUT2D eigenvalue weighted by atomic mass is 32.2. The van der Waals surface area contributed by atoms with Crippen molar-refractivity contribution in [1.82, 2.24) is 9.71 Å². The van der Waals surface area contributed by atoms with E-state index in [4.69, 9.17) is 5.11 Å². The Balaban J connectivity index is 2.16. The standard InChI is InChI=1S/C13H12N2O3S2/c16-7-2-4-11-3-1-5-12(9-11)20(17,18)15-10-13-14-6-8-19-13/h1,3,5-6,8-9,15-16H,7,10H2. The molecule has 2 rings (SSSR count). The van der Waals surface area contributed by atoms with Crippen LogP contribution in [0.25, 0.3) is 0 Å². The Hall–Kier alpha value is -1.72. The van der Waals surface area contributed by atoms with Crippen molar-refractivity contribution in [2.24, 2.45) is 0 Å². The number of sulfonamides is 1. The number of nitrogens with zero attached hydrogens (tertiary/aromatic N) is 1. The van der Waals surface area contributed by atoms with Gasteiger partial charge < -0.3 is 5.11 Å². The molecule has 104 valence electrons. The fourth-order valence-corrected chi connectivity index (χ4v) is 3.14. The second-order valence-electron chi connectivity index (χ2n) is 3.74. The number of aliphatic hydroxyl groups is 1. The van der Waals surface area contributed by atoms with Crippen molar-refractivity contribution >= 4 is 21.4 Å². The molecule has 0 fully saturated rings. The van der Waals surface area contributed by atoms with Gasteiger partial charge >= 0.3 is 0 Å². The van der Waals surface area contributed by atoms with Crippen LogP contribution in [0.2, 0.25) is 0 Å². The SMILES string of the molecule is O=S(=O)(NCc1nccs1)c1cccc(C#CCO)c1. The molecule has 0 aliphatic rings. The summed E-state index contributed by atoms with van der Waals surface area (Å²) in [5.74, 6) is 5.15. The lowest BCUT2D eigenvalue weighted by Crippen LogP contribution is -2.23. The molecule has 0 unspecified atom stereocenters. The topological polar surface area (TPSA) is 79.3 Å². The van der Waals surface area contributed by atoms with Crippen LogP contribution < -0.4 is 4.72 Å². The summed E-state index contributed by atoms with van der Waals surface area (Å²) in [5.41, 5.74) is 0.538. The van der Waals surface area contributed by atoms with Crippen LogP contribution in [0.3, 0.4) is 0 Å². The number of nitrogens with one attached hydrogen (secondary N) is 1. The summed E-state index contributed by atoms with van der Waals surface area (Å²) in [6.07, 6.45) is 1.62. The average molecular weight is 308 g/mol. The minimum absolute atomic E-state index is 0.138. The molecular weight excluding hydrogens is 296 g/mol. The molecule has 0 bridgehead atoms. The van der Waals surface area contributed by atoms with Crippen LogP contribution in [0.5, 0.6) is 0 Å². The van der Waals surface area contributed by atoms with Gasteiger partial charge in [-0.3, -0.25) is 0 Å². The summed E-state index contributed by atoms with van der Waals surface area (Å²) in [4.78, 5) is 4.15. The number of aromatic nitrogens is 1. The van der Waals surface area contributed by atoms with Gasteiger partial charge in [0.25, 0.3) is 0 Å². The quantitative estimate of drug-likeness (QED) is 0.825. The highest BCUT2D eigenvalue weighted by Crippen LogP contribution is 2.12. The van der Waals surface area contributed by atoms with E-state index in [-0.39, 0.29) is 18.0 Å². The van der Waals surface area contributed by atoms with Crippen LogP contribution in [0.4, 0.5) is 0 Å². The zero-order valence-corrected chi connectivity index (χ0v) is 12.0. The molecule has 2 N–H and O–H groups in total. The van der Waals surface area contributed by atoms with Gasteiger partial charge in [-0.05, 0) is 18.2 Å². The van der Waals surface area contributed by atoms with Gasteiger partial charge in [-0.2, -0.15) is 0 Å². The Morgan fingerprint density at radius 1 is 1.40 bits per heavy atom. The van der Waals surface area contributed by atoms with E-state index in [9.17, 15) is 8.42 Å². The number of hydrogen-bond acceptors (Lipinski definition) is 5. The Morgan fingerprint density at radius 2 is 2.25 bits per heavy atom. The predicted molar refractivity (Wildman–Crippen MR) is 76.5 cm³/mol. The molecule has 0 amide bonds. The smallest absolute Gasteiger partial charge is 0.240 e. The zero-order valence-electron chi connectivity index (χ0n) is 10.4. The number of thiazole rings is 1. The second kappa shape index (κ2) is 6.63. The molecule has 0 saturated heterocycles. The van der Waals surface area contributed by atoms with Gasteiger partial charge in [0, 0.05) is 17.1 Å². The van der Waals surface area contributed by atoms with E-state index in [1.807, 2.05) is 0 Å². The Bertz CT molecular complexity index is 728. The molecule has 7 heteroatoms. The predicted octanol–water partition coefficient (Wildman–Crippen LogP) is 0.965. The Kier molecular flexibility index (Phi) is 4.87. The molecule has 0 aliphatic heterocycles. The third kappa shape index (κ3) is 3.88. The minimum Gasteiger partial charge on any atom is -0.384 e. The lowest BCUT2D eigenvalue weighted by molar-refractivity contribution is 0.350. The summed E-state index contributed by atoms with van der Waals surface area (Å²) in [6, 6.07) is 6.25. The van der Waals surface area contributed by atoms with Crippen molar-refractivity contribution in [2.75, 3.05) is 6.61 Å². The van der Waals surface area contributed by atoms with E-state index in [1.165, 1.54) is 23.5 Å². The third-order valence-electron chi connectivity index (χ3n) is 2.35. The normalized spacial score (nSPS) is 10.8. The lowest BCUT2D eigenvalue weighted by Gasteiger charge is -2.05. The van der Waals surface area contributed by atoms with E-state index in [2.05, 4.69) is 21.5 Å². The van der Waals surface area contributed by atoms with E-state index in [1.54, 1.807) is 23.7 Å². The third-order valence-corrected chi connectivity index (χ3v) is 4.53. The minimum atomic E-state index is -3.60. The van der Waals surface area contributed by atoms with Crippen LogP contribution in [-0.4, -0.2) is 25.1 Å².